The van der Waals surface area contributed by atoms with Gasteiger partial charge < -0.3 is 14.4 Å². The van der Waals surface area contributed by atoms with Crippen molar-refractivity contribution in [2.24, 2.45) is 7.05 Å². The number of pyridine rings is 1. The van der Waals surface area contributed by atoms with Gasteiger partial charge in [-0.05, 0) is 56.7 Å². The smallest absolute Gasteiger partial charge is 0.248 e. The number of aromatic nitrogens is 3. The van der Waals surface area contributed by atoms with Crippen molar-refractivity contribution < 1.29 is 14.3 Å². The Morgan fingerprint density at radius 3 is 2.73 bits per heavy atom. The lowest BCUT2D eigenvalue weighted by molar-refractivity contribution is -0.139. The third kappa shape index (κ3) is 5.26. The number of carbonyl (C=O) groups excluding carboxylic acids is 1. The molecule has 7 heteroatoms. The molecule has 1 atom stereocenters. The quantitative estimate of drug-likeness (QED) is 0.729. The van der Waals surface area contributed by atoms with Crippen LogP contribution in [0.2, 0.25) is 0 Å². The van der Waals surface area contributed by atoms with Crippen molar-refractivity contribution >= 4 is 5.91 Å². The van der Waals surface area contributed by atoms with Gasteiger partial charge in [0, 0.05) is 55.8 Å². The number of nitrogens with zero attached hydrogens (tertiary/aromatic N) is 4. The highest BCUT2D eigenvalue weighted by molar-refractivity contribution is 5.77. The highest BCUT2D eigenvalue weighted by Gasteiger charge is 2.25. The number of aryl methyl sites for hydroxylation is 2. The molecule has 0 aliphatic carbocycles. The van der Waals surface area contributed by atoms with E-state index in [0.717, 1.165) is 67.9 Å². The van der Waals surface area contributed by atoms with Crippen molar-refractivity contribution in [3.05, 3.63) is 35.9 Å². The van der Waals surface area contributed by atoms with E-state index in [2.05, 4.69) is 17.2 Å². The molecule has 0 unspecified atom stereocenters. The van der Waals surface area contributed by atoms with Gasteiger partial charge in [-0.2, -0.15) is 5.10 Å². The zero-order chi connectivity index (χ0) is 20.9. The topological polar surface area (TPSA) is 69.5 Å². The zero-order valence-electron chi connectivity index (χ0n) is 18.0. The Balaban J connectivity index is 1.29. The Bertz CT molecular complexity index is 852. The fourth-order valence-electron chi connectivity index (χ4n) is 4.37. The summed E-state index contributed by atoms with van der Waals surface area (Å²) in [6.07, 6.45) is 9.27. The fourth-order valence-corrected chi connectivity index (χ4v) is 4.37. The molecule has 2 aliphatic heterocycles. The van der Waals surface area contributed by atoms with E-state index < -0.39 is 0 Å². The van der Waals surface area contributed by atoms with Crippen LogP contribution in [0.1, 0.15) is 49.4 Å². The Morgan fingerprint density at radius 2 is 2.03 bits per heavy atom. The average Bonchev–Trinajstić information content (AvgIpc) is 3.20. The lowest BCUT2D eigenvalue weighted by Crippen LogP contribution is -2.40. The molecule has 2 aliphatic rings. The van der Waals surface area contributed by atoms with E-state index in [0.29, 0.717) is 12.5 Å². The molecular weight excluding hydrogens is 380 g/mol. The molecule has 162 valence electrons. The van der Waals surface area contributed by atoms with Gasteiger partial charge in [-0.1, -0.05) is 0 Å². The Morgan fingerprint density at radius 1 is 1.20 bits per heavy atom. The molecule has 0 aromatic carbocycles. The number of likely N-dealkylation sites (tertiary alicyclic amines) is 1. The second-order valence-electron chi connectivity index (χ2n) is 8.48. The number of piperidine rings is 1. The minimum Gasteiger partial charge on any atom is -0.376 e. The number of carbonyl (C=O) groups is 1. The summed E-state index contributed by atoms with van der Waals surface area (Å²) in [5.41, 5.74) is 4.40. The van der Waals surface area contributed by atoms with Crippen LogP contribution < -0.4 is 0 Å². The molecule has 0 saturated carbocycles. The first-order valence-corrected chi connectivity index (χ1v) is 11.0. The summed E-state index contributed by atoms with van der Waals surface area (Å²) >= 11 is 0. The normalized spacial score (nSPS) is 20.5. The first-order valence-electron chi connectivity index (χ1n) is 11.0. The lowest BCUT2D eigenvalue weighted by atomic mass is 9.91. The van der Waals surface area contributed by atoms with E-state index in [1.165, 1.54) is 6.42 Å². The Labute approximate surface area is 178 Å². The molecule has 0 radical (unpaired) electrons. The zero-order valence-corrected chi connectivity index (χ0v) is 18.0. The fraction of sp³-hybridized carbons (Fsp3) is 0.609. The molecule has 2 aromatic heterocycles. The van der Waals surface area contributed by atoms with Crippen LogP contribution in [0.4, 0.5) is 0 Å². The van der Waals surface area contributed by atoms with E-state index in [1.807, 2.05) is 35.9 Å². The summed E-state index contributed by atoms with van der Waals surface area (Å²) in [5.74, 6) is 0.457. The first kappa shape index (κ1) is 21.0. The number of hydrogen-bond acceptors (Lipinski definition) is 5. The van der Waals surface area contributed by atoms with Crippen LogP contribution in [0, 0.1) is 6.92 Å². The number of hydrogen-bond donors (Lipinski definition) is 0. The standard InChI is InChI=1S/C23H32N4O3/c1-17-11-19(20-13-24-26(2)14-20)12-22(25-17)18-6-8-27(9-7-18)23(28)16-29-15-21-5-3-4-10-30-21/h11-14,18,21H,3-10,15-16H2,1-2H3/t21-/m0/s1. The number of rotatable bonds is 6. The second-order valence-corrected chi connectivity index (χ2v) is 8.48. The van der Waals surface area contributed by atoms with Gasteiger partial charge in [0.15, 0.2) is 0 Å². The van der Waals surface area contributed by atoms with E-state index in [9.17, 15) is 4.79 Å². The monoisotopic (exact) mass is 412 g/mol. The molecule has 4 heterocycles. The van der Waals surface area contributed by atoms with E-state index in [1.54, 1.807) is 0 Å². The maximum Gasteiger partial charge on any atom is 0.248 e. The van der Waals surface area contributed by atoms with Gasteiger partial charge in [-0.15, -0.1) is 0 Å². The predicted octanol–water partition coefficient (Wildman–Crippen LogP) is 3.08. The van der Waals surface area contributed by atoms with Gasteiger partial charge in [-0.3, -0.25) is 14.5 Å². The largest absolute Gasteiger partial charge is 0.376 e. The summed E-state index contributed by atoms with van der Waals surface area (Å²) in [6.45, 7) is 5.03. The minimum absolute atomic E-state index is 0.0810. The van der Waals surface area contributed by atoms with Crippen molar-refractivity contribution in [3.8, 4) is 11.1 Å². The van der Waals surface area contributed by atoms with Crippen molar-refractivity contribution in [3.63, 3.8) is 0 Å². The molecule has 30 heavy (non-hydrogen) atoms. The molecule has 0 bridgehead atoms. The third-order valence-electron chi connectivity index (χ3n) is 6.08. The van der Waals surface area contributed by atoms with Crippen LogP contribution in [0.25, 0.3) is 11.1 Å². The number of ether oxygens (including phenoxy) is 2. The maximum atomic E-state index is 12.5. The molecule has 1 amide bonds. The summed E-state index contributed by atoms with van der Waals surface area (Å²) in [5, 5.41) is 4.28. The molecule has 0 N–H and O–H groups in total. The van der Waals surface area contributed by atoms with Crippen molar-refractivity contribution in [1.82, 2.24) is 19.7 Å². The molecule has 2 saturated heterocycles. The second kappa shape index (κ2) is 9.71. The highest BCUT2D eigenvalue weighted by Crippen LogP contribution is 2.30. The van der Waals surface area contributed by atoms with Crippen molar-refractivity contribution in [2.75, 3.05) is 32.9 Å². The average molecular weight is 413 g/mol. The van der Waals surface area contributed by atoms with E-state index in [4.69, 9.17) is 14.5 Å². The summed E-state index contributed by atoms with van der Waals surface area (Å²) < 4.78 is 13.1. The highest BCUT2D eigenvalue weighted by atomic mass is 16.5. The van der Waals surface area contributed by atoms with Gasteiger partial charge in [0.2, 0.25) is 5.91 Å². The van der Waals surface area contributed by atoms with E-state index in [-0.39, 0.29) is 18.6 Å². The van der Waals surface area contributed by atoms with Gasteiger partial charge in [0.25, 0.3) is 0 Å². The maximum absolute atomic E-state index is 12.5. The van der Waals surface area contributed by atoms with Gasteiger partial charge in [-0.25, -0.2) is 0 Å². The van der Waals surface area contributed by atoms with Crippen molar-refractivity contribution in [1.29, 1.82) is 0 Å². The van der Waals surface area contributed by atoms with Crippen LogP contribution in [-0.2, 0) is 21.3 Å². The lowest BCUT2D eigenvalue weighted by Gasteiger charge is -2.32. The SMILES string of the molecule is Cc1cc(-c2cnn(C)c2)cc(C2CCN(C(=O)COC[C@@H]3CCCCO3)CC2)n1. The van der Waals surface area contributed by atoms with Gasteiger partial charge >= 0.3 is 0 Å². The summed E-state index contributed by atoms with van der Waals surface area (Å²) in [4.78, 5) is 19.2. The Kier molecular flexibility index (Phi) is 6.79. The van der Waals surface area contributed by atoms with Crippen LogP contribution >= 0.6 is 0 Å². The first-order chi connectivity index (χ1) is 14.6. The molecule has 2 fully saturated rings. The summed E-state index contributed by atoms with van der Waals surface area (Å²) in [6, 6.07) is 4.28. The van der Waals surface area contributed by atoms with Gasteiger partial charge in [0.1, 0.15) is 6.61 Å². The summed E-state index contributed by atoms with van der Waals surface area (Å²) in [7, 11) is 1.93. The van der Waals surface area contributed by atoms with Gasteiger partial charge in [0.05, 0.1) is 18.9 Å². The molecular formula is C23H32N4O3. The molecule has 0 spiro atoms. The molecule has 4 rings (SSSR count). The van der Waals surface area contributed by atoms with Crippen LogP contribution in [0.3, 0.4) is 0 Å². The van der Waals surface area contributed by atoms with E-state index >= 15 is 0 Å². The molecule has 2 aromatic rings. The van der Waals surface area contributed by atoms with Crippen LogP contribution in [-0.4, -0.2) is 64.6 Å². The third-order valence-corrected chi connectivity index (χ3v) is 6.08. The number of amides is 1. The molecule has 7 nitrogen and oxygen atoms in total. The van der Waals surface area contributed by atoms with Crippen LogP contribution in [0.5, 0.6) is 0 Å². The predicted molar refractivity (Wildman–Crippen MR) is 114 cm³/mol. The van der Waals surface area contributed by atoms with Crippen LogP contribution in [0.15, 0.2) is 24.5 Å². The van der Waals surface area contributed by atoms with Crippen molar-refractivity contribution in [2.45, 2.75) is 51.0 Å². The minimum atomic E-state index is 0.0810. The Hall–Kier alpha value is -2.25.